The Morgan fingerprint density at radius 1 is 0.698 bits per heavy atom. The Bertz CT molecular complexity index is 3920. The summed E-state index contributed by atoms with van der Waals surface area (Å²) in [4.78, 5) is 185. The van der Waals surface area contributed by atoms with Crippen molar-refractivity contribution in [1.82, 2.24) is 62.7 Å². The van der Waals surface area contributed by atoms with Gasteiger partial charge in [0.05, 0.1) is 57.5 Å². The molecule has 572 valence electrons. The number of methoxy groups -OCH3 is 1. The number of hydrogen-bond donors (Lipinski definition) is 16. The van der Waals surface area contributed by atoms with Gasteiger partial charge in [-0.1, -0.05) is 73.7 Å². The lowest BCUT2D eigenvalue weighted by molar-refractivity contribution is -0.145. The van der Waals surface area contributed by atoms with Gasteiger partial charge in [-0.25, -0.2) is 9.37 Å². The van der Waals surface area contributed by atoms with E-state index in [4.69, 9.17) is 15.2 Å². The molecule has 0 saturated carbocycles. The number of rotatable bonds is 41. The number of nitrogens with two attached hydrogens (primary N) is 1. The maximum Gasteiger partial charge on any atom is 0.305 e. The Morgan fingerprint density at radius 3 is 1.94 bits per heavy atom. The van der Waals surface area contributed by atoms with Crippen molar-refractivity contribution < 1.29 is 102 Å². The number of H-pyrrole nitrogens is 1. The molecular formula is C72H92FN13O20. The number of amides is 11. The number of ether oxygens (including phenoxy) is 2. The van der Waals surface area contributed by atoms with Crippen LogP contribution in [0.15, 0.2) is 110 Å². The number of para-hydroxylation sites is 1. The number of carboxylic acids is 2. The largest absolute Gasteiger partial charge is 0.497 e. The van der Waals surface area contributed by atoms with E-state index in [1.54, 1.807) is 74.0 Å². The molecule has 1 fully saturated rings. The first-order chi connectivity index (χ1) is 50.3. The highest BCUT2D eigenvalue weighted by Crippen LogP contribution is 2.32. The lowest BCUT2D eigenvalue weighted by Crippen LogP contribution is -2.67. The van der Waals surface area contributed by atoms with Crippen molar-refractivity contribution in [3.63, 3.8) is 0 Å². The van der Waals surface area contributed by atoms with Crippen molar-refractivity contribution in [1.29, 1.82) is 0 Å². The monoisotopic (exact) mass is 1480 g/mol. The molecule has 6 rings (SSSR count). The maximum absolute atomic E-state index is 15.5. The molecular weight excluding hydrogens is 1390 g/mol. The first-order valence-electron chi connectivity index (χ1n) is 34.2. The average molecular weight is 1480 g/mol. The number of aliphatic hydroxyl groups excluding tert-OH is 3. The molecule has 1 aliphatic heterocycles. The highest BCUT2D eigenvalue weighted by atomic mass is 19.1. The first-order valence-corrected chi connectivity index (χ1v) is 34.2. The summed E-state index contributed by atoms with van der Waals surface area (Å²) in [5.41, 5.74) is 5.30. The van der Waals surface area contributed by atoms with Gasteiger partial charge < -0.3 is 98.5 Å². The molecule has 33 nitrogen and oxygen atoms in total. The Kier molecular flexibility index (Phi) is 31.1. The zero-order chi connectivity index (χ0) is 78.0. The van der Waals surface area contributed by atoms with E-state index in [0.29, 0.717) is 35.6 Å². The van der Waals surface area contributed by atoms with E-state index in [1.807, 2.05) is 19.1 Å². The number of hydrogen-bond acceptors (Lipinski definition) is 19. The molecule has 1 aliphatic rings. The highest BCUT2D eigenvalue weighted by molar-refractivity contribution is 6.01. The Balaban J connectivity index is 1.16. The van der Waals surface area contributed by atoms with Crippen molar-refractivity contribution in [2.75, 3.05) is 33.4 Å². The van der Waals surface area contributed by atoms with Crippen LogP contribution in [0.5, 0.6) is 11.5 Å². The van der Waals surface area contributed by atoms with Crippen LogP contribution in [-0.2, 0) is 88.0 Å². The molecule has 0 unspecified atom stereocenters. The van der Waals surface area contributed by atoms with Gasteiger partial charge in [-0.2, -0.15) is 0 Å². The topological polar surface area (TPSA) is 508 Å². The number of carbonyl (C=O) groups is 13. The number of benzene rings is 4. The Morgan fingerprint density at radius 2 is 1.33 bits per heavy atom. The Labute approximate surface area is 609 Å². The van der Waals surface area contributed by atoms with E-state index in [-0.39, 0.29) is 56.7 Å². The van der Waals surface area contributed by atoms with Gasteiger partial charge in [0.15, 0.2) is 0 Å². The summed E-state index contributed by atoms with van der Waals surface area (Å²) >= 11 is 0. The molecule has 1 saturated heterocycles. The molecule has 5 aromatic rings. The normalized spacial score (nSPS) is 16.3. The number of aryl methyl sites for hydroxylation is 2. The molecule has 106 heavy (non-hydrogen) atoms. The summed E-state index contributed by atoms with van der Waals surface area (Å²) in [5, 5.41) is 72.8. The van der Waals surface area contributed by atoms with Gasteiger partial charge in [0.1, 0.15) is 70.7 Å². The smallest absolute Gasteiger partial charge is 0.305 e. The SMILES string of the molecule is CCc1cc(OC)ccc1-c1ccc(C[C@H](NC(=O)[C@H](CC(=O)O)NC(=O)[C@H](CO)NC(=O)[C@@H](NC(=O)[C@](C)(Cc2ccccc2F)NC(=O)[C@@H](NC(=O)CNC(=O)[C@H](CCC(=O)O)NC(=O)[C@]2(C)CCCN2C(=O)CCc2c[nH]cn2)[C@@H](C)O)[C@@H](C)O)C(=O)N[C@@H](CCOc2ccccc2)C(N)=O)cc1. The number of imidazole rings is 1. The standard InChI is InChI=1S/C72H92FN13O20/c1-7-43-33-48(105-6)23-24-49(43)44-20-18-42(19-21-44)32-53(64(98)78-51(62(74)96)28-31-106-47-15-9-8-10-16-47)79-65(99)54(34-59(94)95)80-66(100)55(38-87)81-67(101)60(40(2)88)84-69(103)71(4,35-45-14-11-12-17-50(45)73)85-68(102)61(41(3)89)83-56(90)37-76-63(97)52(25-27-58(92)93)82-70(104)72(5)29-13-30-86(72)57(91)26-22-46-36-75-39-77-46/h8-12,14-21,23-24,33,36,39-41,51-55,60-61,87-89H,7,13,22,25-32,34-35,37-38H2,1-6H3,(H2,74,96)(H,75,77)(H,76,97)(H,78,98)(H,79,99)(H,80,100)(H,81,101)(H,82,104)(H,83,90)(H,84,103)(H,85,102)(H,92,93)(H,94,95)/t40-,41-,51+,52+,53+,54+,55+,60+,61+,71+,72+/m1/s1. The molecule has 17 N–H and O–H groups in total. The fraction of sp³-hybridized carbons (Fsp3) is 0.444. The third-order valence-corrected chi connectivity index (χ3v) is 17.7. The second-order valence-electron chi connectivity index (χ2n) is 25.9. The maximum atomic E-state index is 15.5. The lowest BCUT2D eigenvalue weighted by atomic mass is 9.90. The Hall–Kier alpha value is -11.4. The van der Waals surface area contributed by atoms with Crippen molar-refractivity contribution in [3.05, 3.63) is 138 Å². The highest BCUT2D eigenvalue weighted by Gasteiger charge is 2.47. The summed E-state index contributed by atoms with van der Waals surface area (Å²) in [6, 6.07) is 13.0. The van der Waals surface area contributed by atoms with E-state index in [2.05, 4.69) is 57.8 Å². The fourth-order valence-electron chi connectivity index (χ4n) is 11.7. The second-order valence-corrected chi connectivity index (χ2v) is 25.9. The quantitative estimate of drug-likeness (QED) is 0.0224. The number of halogens is 1. The lowest BCUT2D eigenvalue weighted by Gasteiger charge is -2.35. The zero-order valence-electron chi connectivity index (χ0n) is 59.4. The van der Waals surface area contributed by atoms with Crippen LogP contribution in [-0.4, -0.2) is 216 Å². The predicted molar refractivity (Wildman–Crippen MR) is 376 cm³/mol. The van der Waals surface area contributed by atoms with Gasteiger partial charge in [0, 0.05) is 44.8 Å². The van der Waals surface area contributed by atoms with Crippen LogP contribution in [0.3, 0.4) is 0 Å². The van der Waals surface area contributed by atoms with E-state index >= 15 is 4.39 Å². The summed E-state index contributed by atoms with van der Waals surface area (Å²) in [6.45, 7) is 4.43. The number of nitrogens with one attached hydrogen (secondary N) is 10. The number of primary amides is 1. The van der Waals surface area contributed by atoms with Gasteiger partial charge in [0.2, 0.25) is 65.0 Å². The molecule has 0 aliphatic carbocycles. The van der Waals surface area contributed by atoms with E-state index in [1.165, 1.54) is 36.4 Å². The number of aliphatic hydroxyl groups is 3. The summed E-state index contributed by atoms with van der Waals surface area (Å²) in [5.74, 6) is -14.9. The summed E-state index contributed by atoms with van der Waals surface area (Å²) in [7, 11) is 1.54. The minimum absolute atomic E-state index is 0.00167. The molecule has 0 radical (unpaired) electrons. The molecule has 0 spiro atoms. The zero-order valence-corrected chi connectivity index (χ0v) is 59.4. The molecule has 1 aromatic heterocycles. The van der Waals surface area contributed by atoms with Crippen LogP contribution in [0.4, 0.5) is 4.39 Å². The number of nitrogens with zero attached hydrogens (tertiary/aromatic N) is 2. The molecule has 11 amide bonds. The van der Waals surface area contributed by atoms with Crippen molar-refractivity contribution in [2.24, 2.45) is 5.73 Å². The first kappa shape index (κ1) is 83.6. The second kappa shape index (κ2) is 39.5. The van der Waals surface area contributed by atoms with Crippen LogP contribution in [0, 0.1) is 5.82 Å². The number of likely N-dealkylation sites (tertiary alicyclic amines) is 1. The fourth-order valence-corrected chi connectivity index (χ4v) is 11.7. The van der Waals surface area contributed by atoms with Crippen LogP contribution >= 0.6 is 0 Å². The minimum Gasteiger partial charge on any atom is -0.497 e. The summed E-state index contributed by atoms with van der Waals surface area (Å²) < 4.78 is 26.6. The van der Waals surface area contributed by atoms with Crippen molar-refractivity contribution in [3.8, 4) is 22.6 Å². The molecule has 4 aromatic carbocycles. The van der Waals surface area contributed by atoms with Gasteiger partial charge in [-0.15, -0.1) is 0 Å². The number of aromatic nitrogens is 2. The van der Waals surface area contributed by atoms with Crippen molar-refractivity contribution >= 4 is 76.9 Å². The number of aliphatic carboxylic acids is 2. The van der Waals surface area contributed by atoms with E-state index < -0.39 is 181 Å². The average Bonchev–Trinajstić information content (AvgIpc) is 1.80. The van der Waals surface area contributed by atoms with Crippen molar-refractivity contribution in [2.45, 2.75) is 171 Å². The van der Waals surface area contributed by atoms with E-state index in [0.717, 1.165) is 43.5 Å². The van der Waals surface area contributed by atoms with E-state index in [9.17, 15) is 87.9 Å². The van der Waals surface area contributed by atoms with Crippen LogP contribution in [0.2, 0.25) is 0 Å². The van der Waals surface area contributed by atoms with Crippen LogP contribution < -0.4 is 63.1 Å². The molecule has 11 atom stereocenters. The van der Waals surface area contributed by atoms with Gasteiger partial charge in [-0.05, 0) is 118 Å². The minimum atomic E-state index is -2.42. The van der Waals surface area contributed by atoms with Gasteiger partial charge >= 0.3 is 11.9 Å². The third-order valence-electron chi connectivity index (χ3n) is 17.7. The van der Waals surface area contributed by atoms with Crippen LogP contribution in [0.1, 0.15) is 102 Å². The number of carboxylic acid groups (broad SMARTS) is 2. The molecule has 34 heteroatoms. The van der Waals surface area contributed by atoms with Gasteiger partial charge in [0.25, 0.3) is 0 Å². The van der Waals surface area contributed by atoms with Gasteiger partial charge in [-0.3, -0.25) is 62.3 Å². The summed E-state index contributed by atoms with van der Waals surface area (Å²) in [6.07, 6.45) is -2.57. The molecule has 2 heterocycles. The number of aromatic amines is 1. The third kappa shape index (κ3) is 24.1. The number of carbonyl (C=O) groups excluding carboxylic acids is 11. The molecule has 0 bridgehead atoms. The predicted octanol–water partition coefficient (Wildman–Crippen LogP) is -0.982. The van der Waals surface area contributed by atoms with Crippen LogP contribution in [0.25, 0.3) is 11.1 Å².